The lowest BCUT2D eigenvalue weighted by Gasteiger charge is -2.21. The molecule has 1 fully saturated rings. The van der Waals surface area contributed by atoms with Gasteiger partial charge in [-0.25, -0.2) is 9.18 Å². The van der Waals surface area contributed by atoms with Crippen molar-refractivity contribution in [2.24, 2.45) is 0 Å². The van der Waals surface area contributed by atoms with E-state index in [0.29, 0.717) is 39.2 Å². The normalized spacial score (nSPS) is 15.1. The summed E-state index contributed by atoms with van der Waals surface area (Å²) in [5.41, 5.74) is 0.275. The Balaban J connectivity index is 2.05. The van der Waals surface area contributed by atoms with Gasteiger partial charge in [-0.3, -0.25) is 4.79 Å². The van der Waals surface area contributed by atoms with Gasteiger partial charge in [0.2, 0.25) is 0 Å². The first kappa shape index (κ1) is 17.1. The Labute approximate surface area is 134 Å². The number of ether oxygens (including phenoxy) is 2. The van der Waals surface area contributed by atoms with Gasteiger partial charge in [-0.1, -0.05) is 0 Å². The van der Waals surface area contributed by atoms with Crippen LogP contribution in [0, 0.1) is 5.82 Å². The third kappa shape index (κ3) is 4.12. The molecule has 1 aromatic rings. The molecule has 1 aliphatic rings. The summed E-state index contributed by atoms with van der Waals surface area (Å²) in [6.45, 7) is 3.97. The average molecular weight is 324 g/mol. The second-order valence-electron chi connectivity index (χ2n) is 5.18. The molecule has 1 aromatic carbocycles. The van der Waals surface area contributed by atoms with E-state index in [-0.39, 0.29) is 17.2 Å². The van der Waals surface area contributed by atoms with Gasteiger partial charge < -0.3 is 19.3 Å². The Morgan fingerprint density at radius 3 is 2.52 bits per heavy atom. The zero-order valence-electron chi connectivity index (χ0n) is 13.4. The van der Waals surface area contributed by atoms with E-state index in [1.54, 1.807) is 22.8 Å². The number of hydrogen-bond donors (Lipinski definition) is 0. The smallest absolute Gasteiger partial charge is 0.409 e. The molecule has 126 valence electrons. The van der Waals surface area contributed by atoms with Crippen molar-refractivity contribution in [3.8, 4) is 5.75 Å². The van der Waals surface area contributed by atoms with Crippen molar-refractivity contribution in [3.63, 3.8) is 0 Å². The summed E-state index contributed by atoms with van der Waals surface area (Å²) in [7, 11) is 1.33. The fraction of sp³-hybridized carbons (Fsp3) is 0.500. The molecular formula is C16H21FN2O4. The van der Waals surface area contributed by atoms with E-state index in [1.807, 2.05) is 0 Å². The molecule has 0 unspecified atom stereocenters. The molecule has 0 N–H and O–H groups in total. The van der Waals surface area contributed by atoms with E-state index >= 15 is 0 Å². The Morgan fingerprint density at radius 2 is 1.87 bits per heavy atom. The van der Waals surface area contributed by atoms with Crippen LogP contribution in [0.3, 0.4) is 0 Å². The minimum atomic E-state index is -0.552. The van der Waals surface area contributed by atoms with Gasteiger partial charge >= 0.3 is 6.09 Å². The quantitative estimate of drug-likeness (QED) is 0.855. The van der Waals surface area contributed by atoms with Gasteiger partial charge in [0, 0.05) is 31.7 Å². The third-order valence-electron chi connectivity index (χ3n) is 3.69. The number of hydrogen-bond acceptors (Lipinski definition) is 4. The highest BCUT2D eigenvalue weighted by Crippen LogP contribution is 2.20. The molecule has 6 nitrogen and oxygen atoms in total. The fourth-order valence-corrected chi connectivity index (χ4v) is 2.52. The lowest BCUT2D eigenvalue weighted by atomic mass is 10.1. The van der Waals surface area contributed by atoms with Crippen LogP contribution in [0.5, 0.6) is 5.75 Å². The predicted molar refractivity (Wildman–Crippen MR) is 82.1 cm³/mol. The molecule has 0 aliphatic carbocycles. The van der Waals surface area contributed by atoms with Crippen LogP contribution in [0.15, 0.2) is 18.2 Å². The van der Waals surface area contributed by atoms with Crippen molar-refractivity contribution in [2.45, 2.75) is 13.3 Å². The number of carbonyl (C=O) groups excluding carboxylic acids is 2. The summed E-state index contributed by atoms with van der Waals surface area (Å²) in [6, 6.07) is 4.21. The van der Waals surface area contributed by atoms with Crippen LogP contribution < -0.4 is 4.74 Å². The Hall–Kier alpha value is -2.31. The first-order chi connectivity index (χ1) is 11.1. The number of rotatable bonds is 3. The van der Waals surface area contributed by atoms with Crippen LogP contribution in [-0.2, 0) is 4.74 Å². The van der Waals surface area contributed by atoms with Gasteiger partial charge in [0.1, 0.15) is 0 Å². The monoisotopic (exact) mass is 324 g/mol. The van der Waals surface area contributed by atoms with Crippen LogP contribution in [-0.4, -0.2) is 61.7 Å². The lowest BCUT2D eigenvalue weighted by Crippen LogP contribution is -2.37. The van der Waals surface area contributed by atoms with Gasteiger partial charge in [0.25, 0.3) is 5.91 Å². The molecule has 1 aliphatic heterocycles. The van der Waals surface area contributed by atoms with E-state index in [4.69, 9.17) is 9.47 Å². The van der Waals surface area contributed by atoms with Crippen LogP contribution >= 0.6 is 0 Å². The Morgan fingerprint density at radius 1 is 1.17 bits per heavy atom. The zero-order valence-corrected chi connectivity index (χ0v) is 13.4. The van der Waals surface area contributed by atoms with Crippen molar-refractivity contribution in [3.05, 3.63) is 29.6 Å². The molecule has 0 saturated carbocycles. The molecule has 0 aromatic heterocycles. The summed E-state index contributed by atoms with van der Waals surface area (Å²) in [5, 5.41) is 0. The lowest BCUT2D eigenvalue weighted by molar-refractivity contribution is 0.0756. The molecule has 2 amide bonds. The zero-order chi connectivity index (χ0) is 16.8. The van der Waals surface area contributed by atoms with Crippen molar-refractivity contribution in [2.75, 3.05) is 39.9 Å². The van der Waals surface area contributed by atoms with Crippen molar-refractivity contribution in [1.29, 1.82) is 0 Å². The van der Waals surface area contributed by atoms with E-state index in [2.05, 4.69) is 0 Å². The van der Waals surface area contributed by atoms with E-state index in [9.17, 15) is 14.0 Å². The van der Waals surface area contributed by atoms with Gasteiger partial charge in [0.05, 0.1) is 13.7 Å². The summed E-state index contributed by atoms with van der Waals surface area (Å²) < 4.78 is 23.7. The largest absolute Gasteiger partial charge is 0.491 e. The van der Waals surface area contributed by atoms with Crippen molar-refractivity contribution < 1.29 is 23.5 Å². The molecule has 1 heterocycles. The van der Waals surface area contributed by atoms with Crippen LogP contribution in [0.2, 0.25) is 0 Å². The van der Waals surface area contributed by atoms with Crippen LogP contribution in [0.4, 0.5) is 9.18 Å². The number of halogens is 1. The molecule has 0 spiro atoms. The SMILES string of the molecule is CCOc1ccc(C(=O)N2CCCN(C(=O)OC)CC2)cc1F. The number of benzene rings is 1. The molecule has 7 heteroatoms. The standard InChI is InChI=1S/C16H21FN2O4/c1-3-23-14-6-5-12(11-13(14)17)15(20)18-7-4-8-19(10-9-18)16(21)22-2/h5-6,11H,3-4,7-10H2,1-2H3. The minimum Gasteiger partial charge on any atom is -0.491 e. The molecule has 0 bridgehead atoms. The summed E-state index contributed by atoms with van der Waals surface area (Å²) in [6.07, 6.45) is 0.256. The third-order valence-corrected chi connectivity index (χ3v) is 3.69. The minimum absolute atomic E-state index is 0.136. The first-order valence-corrected chi connectivity index (χ1v) is 7.61. The Bertz CT molecular complexity index is 579. The van der Waals surface area contributed by atoms with Gasteiger partial charge in [0.15, 0.2) is 11.6 Å². The highest BCUT2D eigenvalue weighted by atomic mass is 19.1. The van der Waals surface area contributed by atoms with Crippen molar-refractivity contribution in [1.82, 2.24) is 9.80 Å². The molecule has 2 rings (SSSR count). The van der Waals surface area contributed by atoms with Crippen LogP contribution in [0.1, 0.15) is 23.7 Å². The summed E-state index contributed by atoms with van der Waals surface area (Å²) >= 11 is 0. The maximum absolute atomic E-state index is 13.9. The number of nitrogens with zero attached hydrogens (tertiary/aromatic N) is 2. The second-order valence-corrected chi connectivity index (χ2v) is 5.18. The topological polar surface area (TPSA) is 59.1 Å². The fourth-order valence-electron chi connectivity index (χ4n) is 2.52. The maximum atomic E-state index is 13.9. The molecule has 0 atom stereocenters. The van der Waals surface area contributed by atoms with Gasteiger partial charge in [-0.2, -0.15) is 0 Å². The highest BCUT2D eigenvalue weighted by Gasteiger charge is 2.23. The summed E-state index contributed by atoms with van der Waals surface area (Å²) in [5.74, 6) is -0.667. The average Bonchev–Trinajstić information content (AvgIpc) is 2.81. The first-order valence-electron chi connectivity index (χ1n) is 7.61. The molecule has 1 saturated heterocycles. The molecule has 23 heavy (non-hydrogen) atoms. The molecular weight excluding hydrogens is 303 g/mol. The maximum Gasteiger partial charge on any atom is 0.409 e. The van der Waals surface area contributed by atoms with Crippen molar-refractivity contribution >= 4 is 12.0 Å². The van der Waals surface area contributed by atoms with Gasteiger partial charge in [-0.05, 0) is 31.5 Å². The Kier molecular flexibility index (Phi) is 5.78. The molecule has 0 radical (unpaired) electrons. The predicted octanol–water partition coefficient (Wildman–Crippen LogP) is 2.14. The number of methoxy groups -OCH3 is 1. The van der Waals surface area contributed by atoms with E-state index in [1.165, 1.54) is 19.2 Å². The van der Waals surface area contributed by atoms with E-state index < -0.39 is 11.9 Å². The number of carbonyl (C=O) groups is 2. The van der Waals surface area contributed by atoms with Crippen LogP contribution in [0.25, 0.3) is 0 Å². The van der Waals surface area contributed by atoms with Gasteiger partial charge in [-0.15, -0.1) is 0 Å². The highest BCUT2D eigenvalue weighted by molar-refractivity contribution is 5.94. The second kappa shape index (κ2) is 7.80. The van der Waals surface area contributed by atoms with E-state index in [0.717, 1.165) is 0 Å². The number of amides is 2. The summed E-state index contributed by atoms with van der Waals surface area (Å²) in [4.78, 5) is 27.2.